The summed E-state index contributed by atoms with van der Waals surface area (Å²) in [4.78, 5) is 16.5. The summed E-state index contributed by atoms with van der Waals surface area (Å²) >= 11 is 0. The maximum Gasteiger partial charge on any atom is 0.273 e. The number of hydrogen-bond donors (Lipinski definition) is 2. The number of nitrogens with one attached hydrogen (secondary N) is 2. The van der Waals surface area contributed by atoms with E-state index in [1.165, 1.54) is 21.3 Å². The Kier molecular flexibility index (Phi) is 5.02. The molecule has 0 radical (unpaired) electrons. The second-order valence-corrected chi connectivity index (χ2v) is 5.27. The van der Waals surface area contributed by atoms with Gasteiger partial charge >= 0.3 is 0 Å². The molecule has 0 aliphatic heterocycles. The van der Waals surface area contributed by atoms with Gasteiger partial charge in [-0.3, -0.25) is 14.9 Å². The van der Waals surface area contributed by atoms with Crippen molar-refractivity contribution in [1.82, 2.24) is 15.2 Å². The van der Waals surface area contributed by atoms with Crippen molar-refractivity contribution in [1.29, 1.82) is 0 Å². The fraction of sp³-hybridized carbons (Fsp3) is 0.167. The standard InChI is InChI=1S/C18H18N4O4/c1-24-15-8-12(9-16(25-2)17(15)26-3)20-18(23)14-10-13(21-22-14)11-4-6-19-7-5-11/h4-10H,1-3H3,(H,20,23)(H,21,22). The number of hydrogen-bond acceptors (Lipinski definition) is 6. The molecule has 26 heavy (non-hydrogen) atoms. The first-order valence-electron chi connectivity index (χ1n) is 7.73. The molecule has 8 heteroatoms. The maximum absolute atomic E-state index is 12.5. The molecule has 1 amide bonds. The van der Waals surface area contributed by atoms with Gasteiger partial charge in [0.25, 0.3) is 5.91 Å². The number of nitrogens with zero attached hydrogens (tertiary/aromatic N) is 2. The van der Waals surface area contributed by atoms with Crippen LogP contribution >= 0.6 is 0 Å². The third kappa shape index (κ3) is 3.44. The molecule has 2 aromatic heterocycles. The first-order chi connectivity index (χ1) is 12.7. The van der Waals surface area contributed by atoms with Gasteiger partial charge in [-0.25, -0.2) is 0 Å². The molecule has 2 heterocycles. The van der Waals surface area contributed by atoms with Gasteiger partial charge in [-0.1, -0.05) is 0 Å². The number of carbonyl (C=O) groups is 1. The van der Waals surface area contributed by atoms with E-state index in [0.717, 1.165) is 5.56 Å². The lowest BCUT2D eigenvalue weighted by Gasteiger charge is -2.14. The van der Waals surface area contributed by atoms with Crippen LogP contribution < -0.4 is 19.5 Å². The minimum Gasteiger partial charge on any atom is -0.493 e. The molecule has 0 fully saturated rings. The van der Waals surface area contributed by atoms with Gasteiger partial charge in [-0.15, -0.1) is 0 Å². The average molecular weight is 354 g/mol. The molecule has 0 bridgehead atoms. The third-order valence-corrected chi connectivity index (χ3v) is 3.72. The quantitative estimate of drug-likeness (QED) is 0.706. The predicted octanol–water partition coefficient (Wildman–Crippen LogP) is 2.75. The number of amides is 1. The smallest absolute Gasteiger partial charge is 0.273 e. The SMILES string of the molecule is COc1cc(NC(=O)c2cc(-c3ccncc3)n[nH]2)cc(OC)c1OC. The second-order valence-electron chi connectivity index (χ2n) is 5.27. The summed E-state index contributed by atoms with van der Waals surface area (Å²) in [5, 5.41) is 9.68. The molecule has 8 nitrogen and oxygen atoms in total. The topological polar surface area (TPSA) is 98.4 Å². The van der Waals surface area contributed by atoms with Gasteiger partial charge in [0, 0.05) is 35.8 Å². The molecule has 3 aromatic rings. The van der Waals surface area contributed by atoms with E-state index in [1.54, 1.807) is 30.6 Å². The molecule has 0 saturated carbocycles. The molecule has 3 rings (SSSR count). The van der Waals surface area contributed by atoms with Gasteiger partial charge in [-0.05, 0) is 18.2 Å². The van der Waals surface area contributed by atoms with Crippen LogP contribution in [0.4, 0.5) is 5.69 Å². The zero-order valence-electron chi connectivity index (χ0n) is 14.6. The number of rotatable bonds is 6. The van der Waals surface area contributed by atoms with E-state index in [-0.39, 0.29) is 5.91 Å². The zero-order chi connectivity index (χ0) is 18.5. The number of H-pyrrole nitrogens is 1. The zero-order valence-corrected chi connectivity index (χ0v) is 14.6. The van der Waals surface area contributed by atoms with E-state index in [1.807, 2.05) is 12.1 Å². The van der Waals surface area contributed by atoms with Crippen molar-refractivity contribution in [2.75, 3.05) is 26.6 Å². The van der Waals surface area contributed by atoms with Gasteiger partial charge in [0.1, 0.15) is 5.69 Å². The Labute approximate surface area is 150 Å². The van der Waals surface area contributed by atoms with Gasteiger partial charge < -0.3 is 19.5 Å². The molecular formula is C18H18N4O4. The van der Waals surface area contributed by atoms with Crippen LogP contribution in [0.15, 0.2) is 42.7 Å². The van der Waals surface area contributed by atoms with Crippen LogP contribution in [0, 0.1) is 0 Å². The van der Waals surface area contributed by atoms with Crippen LogP contribution in [0.3, 0.4) is 0 Å². The lowest BCUT2D eigenvalue weighted by Crippen LogP contribution is -2.12. The Morgan fingerprint density at radius 1 is 1.00 bits per heavy atom. The fourth-order valence-corrected chi connectivity index (χ4v) is 2.46. The van der Waals surface area contributed by atoms with Crippen molar-refractivity contribution in [2.45, 2.75) is 0 Å². The number of pyridine rings is 1. The molecule has 0 atom stereocenters. The van der Waals surface area contributed by atoms with Crippen molar-refractivity contribution < 1.29 is 19.0 Å². The highest BCUT2D eigenvalue weighted by Crippen LogP contribution is 2.40. The highest BCUT2D eigenvalue weighted by molar-refractivity contribution is 6.03. The number of aromatic nitrogens is 3. The number of carbonyl (C=O) groups excluding carboxylic acids is 1. The molecule has 0 unspecified atom stereocenters. The minimum absolute atomic E-state index is 0.325. The van der Waals surface area contributed by atoms with Gasteiger partial charge in [0.15, 0.2) is 11.5 Å². The monoisotopic (exact) mass is 354 g/mol. The minimum atomic E-state index is -0.341. The number of methoxy groups -OCH3 is 3. The van der Waals surface area contributed by atoms with Crippen LogP contribution in [-0.2, 0) is 0 Å². The normalized spacial score (nSPS) is 10.3. The lowest BCUT2D eigenvalue weighted by atomic mass is 10.2. The van der Waals surface area contributed by atoms with Crippen molar-refractivity contribution >= 4 is 11.6 Å². The van der Waals surface area contributed by atoms with Crippen molar-refractivity contribution in [3.63, 3.8) is 0 Å². The molecule has 0 saturated heterocycles. The highest BCUT2D eigenvalue weighted by atomic mass is 16.5. The van der Waals surface area contributed by atoms with Crippen LogP contribution in [0.2, 0.25) is 0 Å². The summed E-state index contributed by atoms with van der Waals surface area (Å²) in [5.74, 6) is 1.01. The van der Waals surface area contributed by atoms with Crippen LogP contribution in [0.1, 0.15) is 10.5 Å². The van der Waals surface area contributed by atoms with Gasteiger partial charge in [0.05, 0.1) is 27.0 Å². The molecule has 0 aliphatic rings. The molecule has 134 valence electrons. The Morgan fingerprint density at radius 3 is 2.23 bits per heavy atom. The molecule has 1 aromatic carbocycles. The Balaban J connectivity index is 1.83. The second kappa shape index (κ2) is 7.56. The summed E-state index contributed by atoms with van der Waals surface area (Å²) in [5.41, 5.74) is 2.35. The Morgan fingerprint density at radius 2 is 1.65 bits per heavy atom. The maximum atomic E-state index is 12.5. The predicted molar refractivity (Wildman–Crippen MR) is 95.9 cm³/mol. The van der Waals surface area contributed by atoms with Crippen LogP contribution in [-0.4, -0.2) is 42.4 Å². The van der Waals surface area contributed by atoms with E-state index in [2.05, 4.69) is 20.5 Å². The van der Waals surface area contributed by atoms with E-state index in [0.29, 0.717) is 34.3 Å². The van der Waals surface area contributed by atoms with E-state index < -0.39 is 0 Å². The van der Waals surface area contributed by atoms with E-state index in [4.69, 9.17) is 14.2 Å². The van der Waals surface area contributed by atoms with Crippen molar-refractivity contribution in [3.8, 4) is 28.5 Å². The van der Waals surface area contributed by atoms with Crippen LogP contribution in [0.25, 0.3) is 11.3 Å². The molecule has 0 spiro atoms. The number of anilines is 1. The largest absolute Gasteiger partial charge is 0.493 e. The van der Waals surface area contributed by atoms with Crippen molar-refractivity contribution in [3.05, 3.63) is 48.4 Å². The van der Waals surface area contributed by atoms with E-state index in [9.17, 15) is 4.79 Å². The summed E-state index contributed by atoms with van der Waals surface area (Å²) in [6.45, 7) is 0. The molecule has 2 N–H and O–H groups in total. The summed E-state index contributed by atoms with van der Waals surface area (Å²) in [7, 11) is 4.54. The Bertz CT molecular complexity index is 884. The van der Waals surface area contributed by atoms with Gasteiger partial charge in [0.2, 0.25) is 5.75 Å². The highest BCUT2D eigenvalue weighted by Gasteiger charge is 2.16. The lowest BCUT2D eigenvalue weighted by molar-refractivity contribution is 0.102. The summed E-state index contributed by atoms with van der Waals surface area (Å²) < 4.78 is 15.8. The first-order valence-corrected chi connectivity index (χ1v) is 7.73. The van der Waals surface area contributed by atoms with E-state index >= 15 is 0 Å². The number of aromatic amines is 1. The molecular weight excluding hydrogens is 336 g/mol. The first kappa shape index (κ1) is 17.3. The van der Waals surface area contributed by atoms with Crippen LogP contribution in [0.5, 0.6) is 17.2 Å². The number of ether oxygens (including phenoxy) is 3. The number of benzene rings is 1. The van der Waals surface area contributed by atoms with Gasteiger partial charge in [-0.2, -0.15) is 5.10 Å². The summed E-state index contributed by atoms with van der Waals surface area (Å²) in [6.07, 6.45) is 3.33. The fourth-order valence-electron chi connectivity index (χ4n) is 2.46. The average Bonchev–Trinajstić information content (AvgIpc) is 3.18. The third-order valence-electron chi connectivity index (χ3n) is 3.72. The summed E-state index contributed by atoms with van der Waals surface area (Å²) in [6, 6.07) is 8.61. The molecule has 0 aliphatic carbocycles. The van der Waals surface area contributed by atoms with Crippen molar-refractivity contribution in [2.24, 2.45) is 0 Å². The Hall–Kier alpha value is -3.55.